The first-order chi connectivity index (χ1) is 13.9. The minimum Gasteiger partial charge on any atom is -0.350 e. The van der Waals surface area contributed by atoms with Crippen molar-refractivity contribution in [1.29, 1.82) is 0 Å². The Hall–Kier alpha value is -1.91. The van der Waals surface area contributed by atoms with E-state index in [-0.39, 0.29) is 11.9 Å². The number of amides is 1. The molecule has 0 unspecified atom stereocenters. The number of carbonyl (C=O) groups is 1. The summed E-state index contributed by atoms with van der Waals surface area (Å²) in [6, 6.07) is 14.3. The summed E-state index contributed by atoms with van der Waals surface area (Å²) in [4.78, 5) is 18.7. The summed E-state index contributed by atoms with van der Waals surface area (Å²) in [5, 5.41) is 5.11. The molecule has 1 amide bonds. The van der Waals surface area contributed by atoms with Crippen molar-refractivity contribution < 1.29 is 4.79 Å². The number of aromatic amines is 1. The summed E-state index contributed by atoms with van der Waals surface area (Å²) >= 11 is 7.65. The molecular weight excluding hydrogens is 400 g/mol. The first kappa shape index (κ1) is 20.4. The summed E-state index contributed by atoms with van der Waals surface area (Å²) in [6.45, 7) is 6.61. The third-order valence-corrected chi connectivity index (χ3v) is 7.58. The highest BCUT2D eigenvalue weighted by atomic mass is 35.5. The standard InChI is InChI=1S/C24H27ClN2OS/c1-14-7-12-19-21(13-14)26-22(23(19)29-18-10-8-17(25)9-11-18)24(28)27-20-6-4-5-15(2)16(20)3/h7-13,15-16,20,26H,4-6H2,1-3H3,(H,27,28)/t15-,16-,20+/m0/s1. The van der Waals surface area contributed by atoms with Crippen LogP contribution in [0.3, 0.4) is 0 Å². The number of aryl methyl sites for hydroxylation is 1. The van der Waals surface area contributed by atoms with Gasteiger partial charge in [-0.15, -0.1) is 0 Å². The second-order valence-corrected chi connectivity index (χ2v) is 9.80. The van der Waals surface area contributed by atoms with Crippen LogP contribution in [0, 0.1) is 18.8 Å². The number of fused-ring (bicyclic) bond motifs is 1. The molecule has 0 spiro atoms. The van der Waals surface area contributed by atoms with Crippen LogP contribution in [0.25, 0.3) is 10.9 Å². The molecule has 29 heavy (non-hydrogen) atoms. The molecule has 0 radical (unpaired) electrons. The Balaban J connectivity index is 1.68. The van der Waals surface area contributed by atoms with Crippen LogP contribution in [0.1, 0.15) is 49.2 Å². The second-order valence-electron chi connectivity index (χ2n) is 8.28. The maximum Gasteiger partial charge on any atom is 0.269 e. The Morgan fingerprint density at radius 1 is 1.14 bits per heavy atom. The quantitative estimate of drug-likeness (QED) is 0.479. The number of hydrogen-bond donors (Lipinski definition) is 2. The molecule has 3 nitrogen and oxygen atoms in total. The Labute approximate surface area is 181 Å². The molecule has 1 saturated carbocycles. The molecule has 1 aromatic heterocycles. The predicted molar refractivity (Wildman–Crippen MR) is 122 cm³/mol. The van der Waals surface area contributed by atoms with Gasteiger partial charge in [0.05, 0.1) is 4.90 Å². The van der Waals surface area contributed by atoms with E-state index in [2.05, 4.69) is 49.3 Å². The van der Waals surface area contributed by atoms with Crippen LogP contribution in [-0.4, -0.2) is 16.9 Å². The number of H-pyrrole nitrogens is 1. The lowest BCUT2D eigenvalue weighted by atomic mass is 9.78. The fourth-order valence-corrected chi connectivity index (χ4v) is 5.37. The van der Waals surface area contributed by atoms with E-state index < -0.39 is 0 Å². The smallest absolute Gasteiger partial charge is 0.269 e. The average molecular weight is 427 g/mol. The van der Waals surface area contributed by atoms with Gasteiger partial charge in [0, 0.05) is 26.9 Å². The Bertz CT molecular complexity index is 1030. The molecule has 1 fully saturated rings. The number of rotatable bonds is 4. The first-order valence-corrected chi connectivity index (χ1v) is 11.5. The lowest BCUT2D eigenvalue weighted by Gasteiger charge is -2.34. The zero-order chi connectivity index (χ0) is 20.5. The fraction of sp³-hybridized carbons (Fsp3) is 0.375. The van der Waals surface area contributed by atoms with Gasteiger partial charge in [-0.2, -0.15) is 0 Å². The molecular formula is C24H27ClN2OS. The maximum absolute atomic E-state index is 13.3. The van der Waals surface area contributed by atoms with Gasteiger partial charge in [-0.05, 0) is 61.1 Å². The van der Waals surface area contributed by atoms with Crippen molar-refractivity contribution in [2.24, 2.45) is 11.8 Å². The van der Waals surface area contributed by atoms with E-state index in [1.165, 1.54) is 18.4 Å². The van der Waals surface area contributed by atoms with Gasteiger partial charge in [0.15, 0.2) is 0 Å². The number of nitrogens with one attached hydrogen (secondary N) is 2. The lowest BCUT2D eigenvalue weighted by Crippen LogP contribution is -2.43. The zero-order valence-electron chi connectivity index (χ0n) is 17.1. The Morgan fingerprint density at radius 3 is 2.66 bits per heavy atom. The third kappa shape index (κ3) is 4.34. The Kier molecular flexibility index (Phi) is 5.93. The third-order valence-electron chi connectivity index (χ3n) is 6.19. The fourth-order valence-electron chi connectivity index (χ4n) is 4.20. The molecule has 0 aliphatic heterocycles. The topological polar surface area (TPSA) is 44.9 Å². The highest BCUT2D eigenvalue weighted by Gasteiger charge is 2.29. The van der Waals surface area contributed by atoms with Crippen LogP contribution in [0.15, 0.2) is 52.3 Å². The molecule has 3 aromatic rings. The van der Waals surface area contributed by atoms with Crippen LogP contribution >= 0.6 is 23.4 Å². The minimum absolute atomic E-state index is 0.0127. The predicted octanol–water partition coefficient (Wildman–Crippen LogP) is 6.84. The van der Waals surface area contributed by atoms with Gasteiger partial charge in [-0.25, -0.2) is 0 Å². The number of aromatic nitrogens is 1. The summed E-state index contributed by atoms with van der Waals surface area (Å²) < 4.78 is 0. The summed E-state index contributed by atoms with van der Waals surface area (Å²) in [5.41, 5.74) is 2.82. The zero-order valence-corrected chi connectivity index (χ0v) is 18.7. The van der Waals surface area contributed by atoms with Crippen LogP contribution in [0.4, 0.5) is 0 Å². The van der Waals surface area contributed by atoms with Gasteiger partial charge in [0.25, 0.3) is 5.91 Å². The number of hydrogen-bond acceptors (Lipinski definition) is 2. The van der Waals surface area contributed by atoms with Gasteiger partial charge >= 0.3 is 0 Å². The molecule has 4 rings (SSSR count). The summed E-state index contributed by atoms with van der Waals surface area (Å²) in [6.07, 6.45) is 3.47. The van der Waals surface area contributed by atoms with Crippen molar-refractivity contribution in [3.8, 4) is 0 Å². The van der Waals surface area contributed by atoms with Crippen LogP contribution in [0.2, 0.25) is 5.02 Å². The molecule has 2 N–H and O–H groups in total. The number of benzene rings is 2. The molecule has 3 atom stereocenters. The molecule has 152 valence electrons. The monoisotopic (exact) mass is 426 g/mol. The van der Waals surface area contributed by atoms with Crippen molar-refractivity contribution in [2.45, 2.75) is 55.9 Å². The van der Waals surface area contributed by atoms with Gasteiger partial charge in [0.2, 0.25) is 0 Å². The van der Waals surface area contributed by atoms with Crippen LogP contribution in [-0.2, 0) is 0 Å². The molecule has 2 aromatic carbocycles. The molecule has 1 aliphatic rings. The SMILES string of the molecule is Cc1ccc2c(Sc3ccc(Cl)cc3)c(C(=O)N[C@@H]3CCC[C@H](C)[C@@H]3C)[nH]c2c1. The van der Waals surface area contributed by atoms with Crippen LogP contribution < -0.4 is 5.32 Å². The summed E-state index contributed by atoms with van der Waals surface area (Å²) in [7, 11) is 0. The highest BCUT2D eigenvalue weighted by molar-refractivity contribution is 7.99. The number of halogens is 1. The van der Waals surface area contributed by atoms with E-state index in [1.807, 2.05) is 24.3 Å². The number of carbonyl (C=O) groups excluding carboxylic acids is 1. The Morgan fingerprint density at radius 2 is 1.90 bits per heavy atom. The van der Waals surface area contributed by atoms with Crippen molar-refractivity contribution in [2.75, 3.05) is 0 Å². The molecule has 0 bridgehead atoms. The maximum atomic E-state index is 13.3. The van der Waals surface area contributed by atoms with Crippen molar-refractivity contribution >= 4 is 40.2 Å². The van der Waals surface area contributed by atoms with E-state index in [4.69, 9.17) is 11.6 Å². The van der Waals surface area contributed by atoms with Crippen molar-refractivity contribution in [3.05, 3.63) is 58.7 Å². The minimum atomic E-state index is -0.0127. The van der Waals surface area contributed by atoms with E-state index in [1.54, 1.807) is 11.8 Å². The molecule has 5 heteroatoms. The molecule has 1 aliphatic carbocycles. The van der Waals surface area contributed by atoms with Gasteiger partial charge < -0.3 is 10.3 Å². The summed E-state index contributed by atoms with van der Waals surface area (Å²) in [5.74, 6) is 1.12. The molecule has 1 heterocycles. The van der Waals surface area contributed by atoms with Crippen molar-refractivity contribution in [1.82, 2.24) is 10.3 Å². The average Bonchev–Trinajstić information content (AvgIpc) is 3.04. The highest BCUT2D eigenvalue weighted by Crippen LogP contribution is 2.38. The van der Waals surface area contributed by atoms with Gasteiger partial charge in [0.1, 0.15) is 5.69 Å². The van der Waals surface area contributed by atoms with Crippen LogP contribution in [0.5, 0.6) is 0 Å². The largest absolute Gasteiger partial charge is 0.350 e. The van der Waals surface area contributed by atoms with Gasteiger partial charge in [-0.3, -0.25) is 4.79 Å². The normalized spacial score (nSPS) is 22.0. The van der Waals surface area contributed by atoms with E-state index >= 15 is 0 Å². The van der Waals surface area contributed by atoms with E-state index in [9.17, 15) is 4.79 Å². The van der Waals surface area contributed by atoms with Crippen molar-refractivity contribution in [3.63, 3.8) is 0 Å². The lowest BCUT2D eigenvalue weighted by molar-refractivity contribution is 0.0884. The molecule has 0 saturated heterocycles. The van der Waals surface area contributed by atoms with E-state index in [0.29, 0.717) is 22.6 Å². The van der Waals surface area contributed by atoms with Gasteiger partial charge in [-0.1, -0.05) is 62.2 Å². The second kappa shape index (κ2) is 8.45. The van der Waals surface area contributed by atoms with E-state index in [0.717, 1.165) is 27.1 Å². The first-order valence-electron chi connectivity index (χ1n) is 10.3.